The molecule has 0 aromatic heterocycles. The molecule has 1 saturated carbocycles. The molecule has 0 bridgehead atoms. The first-order chi connectivity index (χ1) is 8.56. The maximum Gasteiger partial charge on any atom is 0.306 e. The Kier molecular flexibility index (Phi) is 4.01. The van der Waals surface area contributed by atoms with E-state index in [0.29, 0.717) is 19.3 Å². The average Bonchev–Trinajstić information content (AvgIpc) is 2.81. The lowest BCUT2D eigenvalue weighted by atomic mass is 10.0. The number of nitrogens with one attached hydrogen (secondary N) is 1. The lowest BCUT2D eigenvalue weighted by molar-refractivity contribution is -0.141. The Morgan fingerprint density at radius 2 is 1.78 bits per heavy atom. The van der Waals surface area contributed by atoms with Gasteiger partial charge in [-0.2, -0.15) is 0 Å². The zero-order chi connectivity index (χ0) is 13.1. The molecule has 0 unspecified atom stereocenters. The van der Waals surface area contributed by atoms with Crippen LogP contribution in [-0.4, -0.2) is 17.0 Å². The molecular weight excluding hydrogens is 298 g/mol. The van der Waals surface area contributed by atoms with E-state index in [1.54, 1.807) is 0 Å². The minimum atomic E-state index is -0.797. The molecule has 0 radical (unpaired) electrons. The van der Waals surface area contributed by atoms with Gasteiger partial charge in [0.15, 0.2) is 0 Å². The highest BCUT2D eigenvalue weighted by atomic mass is 79.9. The van der Waals surface area contributed by atoms with Crippen LogP contribution in [0.15, 0.2) is 28.7 Å². The zero-order valence-electron chi connectivity index (χ0n) is 9.73. The number of anilines is 1. The van der Waals surface area contributed by atoms with E-state index in [4.69, 9.17) is 5.11 Å². The van der Waals surface area contributed by atoms with Gasteiger partial charge in [-0.1, -0.05) is 15.9 Å². The second-order valence-electron chi connectivity index (χ2n) is 4.54. The number of amides is 1. The largest absolute Gasteiger partial charge is 0.481 e. The van der Waals surface area contributed by atoms with E-state index in [1.165, 1.54) is 0 Å². The van der Waals surface area contributed by atoms with Crippen molar-refractivity contribution in [3.05, 3.63) is 28.7 Å². The van der Waals surface area contributed by atoms with Crippen molar-refractivity contribution in [1.82, 2.24) is 0 Å². The number of carbonyl (C=O) groups excluding carboxylic acids is 1. The van der Waals surface area contributed by atoms with Gasteiger partial charge < -0.3 is 10.4 Å². The van der Waals surface area contributed by atoms with E-state index in [9.17, 15) is 9.59 Å². The number of rotatable bonds is 3. The first-order valence-corrected chi connectivity index (χ1v) is 6.65. The van der Waals surface area contributed by atoms with Crippen molar-refractivity contribution in [2.24, 2.45) is 11.8 Å². The predicted molar refractivity (Wildman–Crippen MR) is 71.2 cm³/mol. The Labute approximate surface area is 114 Å². The number of carboxylic acids is 1. The van der Waals surface area contributed by atoms with Gasteiger partial charge in [0.25, 0.3) is 0 Å². The summed E-state index contributed by atoms with van der Waals surface area (Å²) < 4.78 is 0.951. The van der Waals surface area contributed by atoms with Crippen molar-refractivity contribution in [3.8, 4) is 0 Å². The Morgan fingerprint density at radius 1 is 1.17 bits per heavy atom. The van der Waals surface area contributed by atoms with Gasteiger partial charge >= 0.3 is 5.97 Å². The van der Waals surface area contributed by atoms with Gasteiger partial charge in [-0.25, -0.2) is 0 Å². The summed E-state index contributed by atoms with van der Waals surface area (Å²) in [5, 5.41) is 11.7. The minimum absolute atomic E-state index is 0.0823. The molecule has 1 aromatic rings. The van der Waals surface area contributed by atoms with Crippen LogP contribution in [0.3, 0.4) is 0 Å². The summed E-state index contributed by atoms with van der Waals surface area (Å²) in [4.78, 5) is 22.8. The quantitative estimate of drug-likeness (QED) is 0.902. The maximum atomic E-state index is 12.0. The molecular formula is C13H14BrNO3. The molecule has 2 atom stereocenters. The molecule has 1 aromatic carbocycles. The van der Waals surface area contributed by atoms with Crippen LogP contribution in [0.2, 0.25) is 0 Å². The number of aliphatic carboxylic acids is 1. The van der Waals surface area contributed by atoms with E-state index < -0.39 is 5.97 Å². The topological polar surface area (TPSA) is 66.4 Å². The second-order valence-corrected chi connectivity index (χ2v) is 5.46. The van der Waals surface area contributed by atoms with Crippen LogP contribution in [0.1, 0.15) is 19.3 Å². The molecule has 0 heterocycles. The smallest absolute Gasteiger partial charge is 0.306 e. The molecule has 0 saturated heterocycles. The molecule has 1 aliphatic carbocycles. The monoisotopic (exact) mass is 311 g/mol. The van der Waals surface area contributed by atoms with Gasteiger partial charge in [0.05, 0.1) is 5.92 Å². The summed E-state index contributed by atoms with van der Waals surface area (Å²) in [5.74, 6) is -1.43. The Bertz CT molecular complexity index is 458. The highest BCUT2D eigenvalue weighted by Gasteiger charge is 2.33. The number of carbonyl (C=O) groups is 2. The fraction of sp³-hybridized carbons (Fsp3) is 0.385. The Balaban J connectivity index is 1.93. The Morgan fingerprint density at radius 3 is 2.33 bits per heavy atom. The van der Waals surface area contributed by atoms with Crippen LogP contribution in [0.4, 0.5) is 5.69 Å². The molecule has 2 N–H and O–H groups in total. The van der Waals surface area contributed by atoms with Crippen LogP contribution < -0.4 is 5.32 Å². The first-order valence-electron chi connectivity index (χ1n) is 5.85. The summed E-state index contributed by atoms with van der Waals surface area (Å²) in [7, 11) is 0. The van der Waals surface area contributed by atoms with E-state index in [0.717, 1.165) is 10.2 Å². The van der Waals surface area contributed by atoms with Gasteiger partial charge in [0, 0.05) is 16.1 Å². The second kappa shape index (κ2) is 5.52. The van der Waals surface area contributed by atoms with E-state index in [2.05, 4.69) is 21.2 Å². The minimum Gasteiger partial charge on any atom is -0.481 e. The fourth-order valence-corrected chi connectivity index (χ4v) is 2.49. The third kappa shape index (κ3) is 3.10. The van der Waals surface area contributed by atoms with Gasteiger partial charge in [-0.15, -0.1) is 0 Å². The van der Waals surface area contributed by atoms with Crippen LogP contribution in [0.25, 0.3) is 0 Å². The number of carboxylic acid groups (broad SMARTS) is 1. The summed E-state index contributed by atoms with van der Waals surface area (Å²) in [6.45, 7) is 0. The summed E-state index contributed by atoms with van der Waals surface area (Å²) in [6.07, 6.45) is 1.69. The molecule has 2 rings (SSSR count). The zero-order valence-corrected chi connectivity index (χ0v) is 11.3. The molecule has 18 heavy (non-hydrogen) atoms. The average molecular weight is 312 g/mol. The van der Waals surface area contributed by atoms with Crippen LogP contribution in [0, 0.1) is 11.8 Å². The van der Waals surface area contributed by atoms with E-state index >= 15 is 0 Å². The lowest BCUT2D eigenvalue weighted by Gasteiger charge is -2.10. The van der Waals surface area contributed by atoms with Crippen molar-refractivity contribution < 1.29 is 14.7 Å². The van der Waals surface area contributed by atoms with Crippen LogP contribution in [-0.2, 0) is 9.59 Å². The fourth-order valence-electron chi connectivity index (χ4n) is 2.22. The third-order valence-electron chi connectivity index (χ3n) is 3.26. The molecule has 1 aliphatic rings. The van der Waals surface area contributed by atoms with Gasteiger partial charge in [0.1, 0.15) is 0 Å². The SMILES string of the molecule is O=C(O)[C@H]1CC[C@H](C(=O)Nc2ccc(Br)cc2)C1. The van der Waals surface area contributed by atoms with Crippen molar-refractivity contribution >= 4 is 33.5 Å². The van der Waals surface area contributed by atoms with Crippen molar-refractivity contribution in [1.29, 1.82) is 0 Å². The predicted octanol–water partition coefficient (Wildman–Crippen LogP) is 2.89. The maximum absolute atomic E-state index is 12.0. The van der Waals surface area contributed by atoms with Crippen LogP contribution >= 0.6 is 15.9 Å². The van der Waals surface area contributed by atoms with E-state index in [-0.39, 0.29) is 17.7 Å². The van der Waals surface area contributed by atoms with Crippen molar-refractivity contribution in [2.75, 3.05) is 5.32 Å². The number of hydrogen-bond donors (Lipinski definition) is 2. The highest BCUT2D eigenvalue weighted by Crippen LogP contribution is 2.31. The Hall–Kier alpha value is -1.36. The highest BCUT2D eigenvalue weighted by molar-refractivity contribution is 9.10. The normalized spacial score (nSPS) is 22.7. The van der Waals surface area contributed by atoms with Crippen LogP contribution in [0.5, 0.6) is 0 Å². The lowest BCUT2D eigenvalue weighted by Crippen LogP contribution is -2.21. The number of halogens is 1. The molecule has 4 nitrogen and oxygen atoms in total. The summed E-state index contributed by atoms with van der Waals surface area (Å²) >= 11 is 3.32. The molecule has 1 amide bonds. The van der Waals surface area contributed by atoms with Gasteiger partial charge in [-0.3, -0.25) is 9.59 Å². The molecule has 5 heteroatoms. The first kappa shape index (κ1) is 13.1. The van der Waals surface area contributed by atoms with Crippen molar-refractivity contribution in [2.45, 2.75) is 19.3 Å². The molecule has 0 spiro atoms. The van der Waals surface area contributed by atoms with Gasteiger partial charge in [-0.05, 0) is 43.5 Å². The third-order valence-corrected chi connectivity index (χ3v) is 3.79. The summed E-state index contributed by atoms with van der Waals surface area (Å²) in [5.41, 5.74) is 0.738. The van der Waals surface area contributed by atoms with E-state index in [1.807, 2.05) is 24.3 Å². The standard InChI is InChI=1S/C13H14BrNO3/c14-10-3-5-11(6-4-10)15-12(16)8-1-2-9(7-8)13(17)18/h3-6,8-9H,1-2,7H2,(H,15,16)(H,17,18)/t8-,9-/m0/s1. The van der Waals surface area contributed by atoms with Crippen molar-refractivity contribution in [3.63, 3.8) is 0 Å². The number of hydrogen-bond acceptors (Lipinski definition) is 2. The molecule has 1 fully saturated rings. The number of benzene rings is 1. The van der Waals surface area contributed by atoms with Gasteiger partial charge in [0.2, 0.25) is 5.91 Å². The molecule has 0 aliphatic heterocycles. The molecule has 96 valence electrons. The summed E-state index contributed by atoms with van der Waals surface area (Å²) in [6, 6.07) is 7.33.